The summed E-state index contributed by atoms with van der Waals surface area (Å²) in [7, 11) is 0. The lowest BCUT2D eigenvalue weighted by atomic mass is 10.1. The molecule has 2 rings (SSSR count). The number of hydrogen-bond acceptors (Lipinski definition) is 5. The standard InChI is InChI=1S/C20H17Br2N3O5/c1-2-17(26)25-14-4-11(8-23)3-12(5-14)10-30-19-15(21)6-13(7-16(19)22)20(29)24-9-18(27)28/h3-7H,2,9-10H2,1H3,(H,24,29)(H,25,26)(H,27,28). The lowest BCUT2D eigenvalue weighted by Gasteiger charge is -2.13. The average molecular weight is 539 g/mol. The van der Waals surface area contributed by atoms with E-state index >= 15 is 0 Å². The van der Waals surface area contributed by atoms with Gasteiger partial charge in [0.2, 0.25) is 5.91 Å². The molecule has 0 unspecified atom stereocenters. The minimum Gasteiger partial charge on any atom is -0.487 e. The molecular weight excluding hydrogens is 522 g/mol. The van der Waals surface area contributed by atoms with Gasteiger partial charge in [-0.25, -0.2) is 0 Å². The third kappa shape index (κ3) is 6.57. The van der Waals surface area contributed by atoms with Gasteiger partial charge in [-0.3, -0.25) is 14.4 Å². The molecule has 0 aliphatic carbocycles. The van der Waals surface area contributed by atoms with E-state index in [-0.39, 0.29) is 18.1 Å². The number of amides is 2. The smallest absolute Gasteiger partial charge is 0.322 e. The normalized spacial score (nSPS) is 10.1. The molecule has 0 bridgehead atoms. The second-order valence-electron chi connectivity index (χ2n) is 6.07. The first-order valence-electron chi connectivity index (χ1n) is 8.69. The van der Waals surface area contributed by atoms with Crippen LogP contribution in [0.25, 0.3) is 0 Å². The van der Waals surface area contributed by atoms with E-state index in [0.29, 0.717) is 37.9 Å². The number of rotatable bonds is 8. The first-order valence-corrected chi connectivity index (χ1v) is 10.3. The molecule has 0 radical (unpaired) electrons. The van der Waals surface area contributed by atoms with E-state index in [2.05, 4.69) is 42.5 Å². The van der Waals surface area contributed by atoms with Crippen molar-refractivity contribution in [3.05, 3.63) is 56.0 Å². The maximum atomic E-state index is 12.0. The number of nitrogens with zero attached hydrogens (tertiary/aromatic N) is 1. The van der Waals surface area contributed by atoms with E-state index < -0.39 is 18.4 Å². The number of nitrogens with one attached hydrogen (secondary N) is 2. The van der Waals surface area contributed by atoms with E-state index in [1.54, 1.807) is 25.1 Å². The minimum absolute atomic E-state index is 0.103. The van der Waals surface area contributed by atoms with E-state index in [1.165, 1.54) is 12.1 Å². The SMILES string of the molecule is CCC(=O)Nc1cc(C#N)cc(COc2c(Br)cc(C(=O)NCC(=O)O)cc2Br)c1. The van der Waals surface area contributed by atoms with E-state index in [9.17, 15) is 19.6 Å². The number of hydrogen-bond donors (Lipinski definition) is 3. The Balaban J connectivity index is 2.18. The van der Waals surface area contributed by atoms with Crippen molar-refractivity contribution in [2.24, 2.45) is 0 Å². The summed E-state index contributed by atoms with van der Waals surface area (Å²) < 4.78 is 6.79. The molecule has 0 saturated heterocycles. The lowest BCUT2D eigenvalue weighted by Crippen LogP contribution is -2.29. The molecule has 3 N–H and O–H groups in total. The first-order chi connectivity index (χ1) is 14.2. The molecule has 0 saturated carbocycles. The van der Waals surface area contributed by atoms with Crippen molar-refractivity contribution in [3.63, 3.8) is 0 Å². The molecule has 0 spiro atoms. The molecule has 30 heavy (non-hydrogen) atoms. The third-order valence-electron chi connectivity index (χ3n) is 3.77. The summed E-state index contributed by atoms with van der Waals surface area (Å²) in [5, 5.41) is 22.9. The fourth-order valence-corrected chi connectivity index (χ4v) is 3.82. The van der Waals surface area contributed by atoms with Crippen molar-refractivity contribution in [2.45, 2.75) is 20.0 Å². The molecule has 2 amide bonds. The van der Waals surface area contributed by atoms with Crippen LogP contribution >= 0.6 is 31.9 Å². The highest BCUT2D eigenvalue weighted by molar-refractivity contribution is 9.11. The molecule has 10 heteroatoms. The molecular formula is C20H17Br2N3O5. The van der Waals surface area contributed by atoms with Gasteiger partial charge in [-0.05, 0) is 67.8 Å². The summed E-state index contributed by atoms with van der Waals surface area (Å²) in [4.78, 5) is 34.3. The number of carboxylic acid groups (broad SMARTS) is 1. The summed E-state index contributed by atoms with van der Waals surface area (Å²) in [6.45, 7) is 1.35. The van der Waals surface area contributed by atoms with E-state index in [1.807, 2.05) is 6.07 Å². The number of carboxylic acids is 1. The Labute approximate surface area is 189 Å². The molecule has 8 nitrogen and oxygen atoms in total. The third-order valence-corrected chi connectivity index (χ3v) is 4.95. The summed E-state index contributed by atoms with van der Waals surface area (Å²) in [5.74, 6) is -1.43. The minimum atomic E-state index is -1.14. The van der Waals surface area contributed by atoms with Crippen LogP contribution < -0.4 is 15.4 Å². The van der Waals surface area contributed by atoms with Gasteiger partial charge in [-0.1, -0.05) is 6.92 Å². The van der Waals surface area contributed by atoms with Gasteiger partial charge in [0.25, 0.3) is 5.91 Å². The van der Waals surface area contributed by atoms with Crippen LogP contribution in [0.4, 0.5) is 5.69 Å². The first kappa shape index (κ1) is 23.4. The van der Waals surface area contributed by atoms with Crippen LogP contribution in [0, 0.1) is 11.3 Å². The monoisotopic (exact) mass is 537 g/mol. The molecule has 2 aromatic carbocycles. The van der Waals surface area contributed by atoms with Crippen LogP contribution in [-0.4, -0.2) is 29.4 Å². The van der Waals surface area contributed by atoms with Crippen LogP contribution in [-0.2, 0) is 16.2 Å². The zero-order valence-electron chi connectivity index (χ0n) is 15.8. The quantitative estimate of drug-likeness (QED) is 0.468. The largest absolute Gasteiger partial charge is 0.487 e. The molecule has 0 aliphatic heterocycles. The maximum absolute atomic E-state index is 12.0. The number of nitriles is 1. The Morgan fingerprint density at radius 1 is 1.13 bits per heavy atom. The van der Waals surface area contributed by atoms with E-state index in [0.717, 1.165) is 0 Å². The van der Waals surface area contributed by atoms with Crippen LogP contribution in [0.3, 0.4) is 0 Å². The highest BCUT2D eigenvalue weighted by Crippen LogP contribution is 2.35. The van der Waals surface area contributed by atoms with Crippen LogP contribution in [0.5, 0.6) is 5.75 Å². The fourth-order valence-electron chi connectivity index (χ4n) is 2.40. The molecule has 0 aliphatic rings. The number of benzene rings is 2. The predicted octanol–water partition coefficient (Wildman–Crippen LogP) is 3.83. The Kier molecular flexibility index (Phi) is 8.38. The Morgan fingerprint density at radius 2 is 1.80 bits per heavy atom. The fraction of sp³-hybridized carbons (Fsp3) is 0.200. The second kappa shape index (κ2) is 10.8. The molecule has 0 aromatic heterocycles. The summed E-state index contributed by atoms with van der Waals surface area (Å²) in [6, 6.07) is 10.0. The van der Waals surface area contributed by atoms with Gasteiger partial charge in [0.1, 0.15) is 18.9 Å². The number of carbonyl (C=O) groups excluding carboxylic acids is 2. The molecule has 2 aromatic rings. The van der Waals surface area contributed by atoms with Crippen molar-refractivity contribution in [2.75, 3.05) is 11.9 Å². The number of ether oxygens (including phenoxy) is 1. The van der Waals surface area contributed by atoms with Gasteiger partial charge in [-0.2, -0.15) is 5.26 Å². The van der Waals surface area contributed by atoms with Gasteiger partial charge in [0, 0.05) is 17.7 Å². The van der Waals surface area contributed by atoms with Crippen molar-refractivity contribution < 1.29 is 24.2 Å². The Morgan fingerprint density at radius 3 is 2.37 bits per heavy atom. The van der Waals surface area contributed by atoms with Gasteiger partial charge in [0.05, 0.1) is 20.6 Å². The second-order valence-corrected chi connectivity index (χ2v) is 7.77. The van der Waals surface area contributed by atoms with Gasteiger partial charge < -0.3 is 20.5 Å². The highest BCUT2D eigenvalue weighted by Gasteiger charge is 2.15. The van der Waals surface area contributed by atoms with Crippen LogP contribution in [0.2, 0.25) is 0 Å². The Bertz CT molecular complexity index is 1010. The summed E-state index contributed by atoms with van der Waals surface area (Å²) in [6.07, 6.45) is 0.314. The van der Waals surface area contributed by atoms with Crippen LogP contribution in [0.15, 0.2) is 39.3 Å². The van der Waals surface area contributed by atoms with Gasteiger partial charge >= 0.3 is 5.97 Å². The van der Waals surface area contributed by atoms with Crippen molar-refractivity contribution in [3.8, 4) is 11.8 Å². The number of aliphatic carboxylic acids is 1. The molecule has 0 atom stereocenters. The topological polar surface area (TPSA) is 129 Å². The predicted molar refractivity (Wildman–Crippen MR) is 116 cm³/mol. The van der Waals surface area contributed by atoms with Crippen LogP contribution in [0.1, 0.15) is 34.8 Å². The zero-order valence-corrected chi connectivity index (χ0v) is 19.0. The highest BCUT2D eigenvalue weighted by atomic mass is 79.9. The van der Waals surface area contributed by atoms with E-state index in [4.69, 9.17) is 9.84 Å². The van der Waals surface area contributed by atoms with Gasteiger partial charge in [0.15, 0.2) is 0 Å². The number of anilines is 1. The summed E-state index contributed by atoms with van der Waals surface area (Å²) >= 11 is 6.69. The molecule has 0 fully saturated rings. The Hall–Kier alpha value is -2.90. The zero-order chi connectivity index (χ0) is 22.3. The number of halogens is 2. The van der Waals surface area contributed by atoms with Gasteiger partial charge in [-0.15, -0.1) is 0 Å². The number of carbonyl (C=O) groups is 3. The van der Waals surface area contributed by atoms with Crippen molar-refractivity contribution in [1.29, 1.82) is 5.26 Å². The average Bonchev–Trinajstić information content (AvgIpc) is 2.70. The maximum Gasteiger partial charge on any atom is 0.322 e. The van der Waals surface area contributed by atoms with Crippen molar-refractivity contribution >= 4 is 55.3 Å². The summed E-state index contributed by atoms with van der Waals surface area (Å²) in [5.41, 5.74) is 1.80. The lowest BCUT2D eigenvalue weighted by molar-refractivity contribution is -0.135. The molecule has 0 heterocycles. The molecule has 156 valence electrons. The van der Waals surface area contributed by atoms with Crippen molar-refractivity contribution in [1.82, 2.24) is 5.32 Å².